The summed E-state index contributed by atoms with van der Waals surface area (Å²) in [5.41, 5.74) is 3.25. The van der Waals surface area contributed by atoms with E-state index < -0.39 is 0 Å². The average molecular weight is 366 g/mol. The Hall–Kier alpha value is -2.79. The van der Waals surface area contributed by atoms with Crippen LogP contribution < -0.4 is 14.8 Å². The summed E-state index contributed by atoms with van der Waals surface area (Å²) in [5, 5.41) is 2.99. The number of rotatable bonds is 7. The Bertz CT molecular complexity index is 830. The highest BCUT2D eigenvalue weighted by molar-refractivity contribution is 5.91. The molecule has 1 heterocycles. The highest BCUT2D eigenvalue weighted by Crippen LogP contribution is 2.28. The fraction of sp³-hybridized carbons (Fsp3) is 0.318. The minimum Gasteiger partial charge on any atom is -0.496 e. The van der Waals surface area contributed by atoms with Crippen LogP contribution in [0, 0.1) is 0 Å². The molecule has 1 amide bonds. The Kier molecular flexibility index (Phi) is 6.14. The molecule has 0 saturated heterocycles. The monoisotopic (exact) mass is 366 g/mol. The largest absolute Gasteiger partial charge is 0.496 e. The summed E-state index contributed by atoms with van der Waals surface area (Å²) in [6, 6.07) is 13.9. The molecule has 1 aliphatic heterocycles. The lowest BCUT2D eigenvalue weighted by atomic mass is 10.0. The molecule has 27 heavy (non-hydrogen) atoms. The van der Waals surface area contributed by atoms with Crippen molar-refractivity contribution in [2.45, 2.75) is 12.5 Å². The average Bonchev–Trinajstić information content (AvgIpc) is 3.14. The first-order valence-electron chi connectivity index (χ1n) is 9.09. The molecule has 5 heteroatoms. The molecule has 0 aromatic heterocycles. The topological polar surface area (TPSA) is 50.8 Å². The van der Waals surface area contributed by atoms with Gasteiger partial charge in [-0.2, -0.15) is 0 Å². The van der Waals surface area contributed by atoms with Gasteiger partial charge in [-0.1, -0.05) is 24.3 Å². The Balaban J connectivity index is 1.63. The van der Waals surface area contributed by atoms with Gasteiger partial charge >= 0.3 is 0 Å². The fourth-order valence-corrected chi connectivity index (χ4v) is 3.25. The standard InChI is InChI=1S/C22H26N2O3/c1-24(2)19(18-6-4-5-7-21(18)26-3)15-23-22(25)11-9-16-8-10-20-17(14-16)12-13-27-20/h4-11,14,19H,12-13,15H2,1-3H3,(H,23,25)/b11-9+. The minimum absolute atomic E-state index is 0.0237. The third-order valence-electron chi connectivity index (χ3n) is 4.73. The van der Waals surface area contributed by atoms with Gasteiger partial charge in [0, 0.05) is 24.6 Å². The van der Waals surface area contributed by atoms with Gasteiger partial charge in [0.25, 0.3) is 0 Å². The molecule has 1 aliphatic rings. The molecule has 0 aliphatic carbocycles. The van der Waals surface area contributed by atoms with E-state index >= 15 is 0 Å². The number of carbonyl (C=O) groups is 1. The summed E-state index contributed by atoms with van der Waals surface area (Å²) < 4.78 is 11.0. The van der Waals surface area contributed by atoms with Gasteiger partial charge in [-0.3, -0.25) is 4.79 Å². The first-order chi connectivity index (χ1) is 13.1. The van der Waals surface area contributed by atoms with E-state index in [-0.39, 0.29) is 11.9 Å². The molecule has 1 atom stereocenters. The zero-order valence-electron chi connectivity index (χ0n) is 16.1. The maximum atomic E-state index is 12.3. The van der Waals surface area contributed by atoms with E-state index in [1.54, 1.807) is 13.2 Å². The summed E-state index contributed by atoms with van der Waals surface area (Å²) >= 11 is 0. The van der Waals surface area contributed by atoms with E-state index in [1.165, 1.54) is 5.56 Å². The van der Waals surface area contributed by atoms with Crippen molar-refractivity contribution in [1.29, 1.82) is 0 Å². The fourth-order valence-electron chi connectivity index (χ4n) is 3.25. The highest BCUT2D eigenvalue weighted by atomic mass is 16.5. The van der Waals surface area contributed by atoms with E-state index in [2.05, 4.69) is 16.3 Å². The third kappa shape index (κ3) is 4.68. The number of likely N-dealkylation sites (N-methyl/N-ethyl adjacent to an activating group) is 1. The first-order valence-corrected chi connectivity index (χ1v) is 9.09. The number of carbonyl (C=O) groups excluding carboxylic acids is 1. The first kappa shape index (κ1) is 19.0. The molecule has 1 unspecified atom stereocenters. The summed E-state index contributed by atoms with van der Waals surface area (Å²) in [7, 11) is 5.64. The zero-order chi connectivity index (χ0) is 19.2. The van der Waals surface area contributed by atoms with Crippen molar-refractivity contribution in [1.82, 2.24) is 10.2 Å². The molecule has 0 saturated carbocycles. The molecule has 5 nitrogen and oxygen atoms in total. The second kappa shape index (κ2) is 8.73. The number of methoxy groups -OCH3 is 1. The Morgan fingerprint density at radius 3 is 2.89 bits per heavy atom. The molecule has 1 N–H and O–H groups in total. The maximum Gasteiger partial charge on any atom is 0.244 e. The van der Waals surface area contributed by atoms with E-state index in [4.69, 9.17) is 9.47 Å². The van der Waals surface area contributed by atoms with E-state index in [9.17, 15) is 4.79 Å². The molecule has 0 radical (unpaired) electrons. The molecule has 0 bridgehead atoms. The number of benzene rings is 2. The van der Waals surface area contributed by atoms with E-state index in [0.29, 0.717) is 6.54 Å². The van der Waals surface area contributed by atoms with Crippen molar-refractivity contribution >= 4 is 12.0 Å². The van der Waals surface area contributed by atoms with Crippen molar-refractivity contribution in [3.05, 3.63) is 65.2 Å². The van der Waals surface area contributed by atoms with Crippen molar-refractivity contribution in [3.63, 3.8) is 0 Å². The van der Waals surface area contributed by atoms with Gasteiger partial charge in [-0.05, 0) is 49.5 Å². The van der Waals surface area contributed by atoms with Crippen LogP contribution in [-0.2, 0) is 11.2 Å². The van der Waals surface area contributed by atoms with Crippen molar-refractivity contribution in [3.8, 4) is 11.5 Å². The molecule has 0 fully saturated rings. The Morgan fingerprint density at radius 2 is 2.11 bits per heavy atom. The number of hydrogen-bond acceptors (Lipinski definition) is 4. The minimum atomic E-state index is -0.117. The summed E-state index contributed by atoms with van der Waals surface area (Å²) in [4.78, 5) is 14.4. The van der Waals surface area contributed by atoms with Crippen molar-refractivity contribution in [2.24, 2.45) is 0 Å². The van der Waals surface area contributed by atoms with Crippen molar-refractivity contribution < 1.29 is 14.3 Å². The quantitative estimate of drug-likeness (QED) is 0.765. The van der Waals surface area contributed by atoms with Gasteiger partial charge in [0.05, 0.1) is 19.8 Å². The number of para-hydroxylation sites is 1. The van der Waals surface area contributed by atoms with E-state index in [1.807, 2.05) is 56.6 Å². The smallest absolute Gasteiger partial charge is 0.244 e. The highest BCUT2D eigenvalue weighted by Gasteiger charge is 2.18. The molecular formula is C22H26N2O3. The van der Waals surface area contributed by atoms with Gasteiger partial charge < -0.3 is 19.7 Å². The molecule has 2 aromatic carbocycles. The number of fused-ring (bicyclic) bond motifs is 1. The second-order valence-electron chi connectivity index (χ2n) is 6.77. The van der Waals surface area contributed by atoms with Gasteiger partial charge in [-0.15, -0.1) is 0 Å². The van der Waals surface area contributed by atoms with Crippen LogP contribution in [0.3, 0.4) is 0 Å². The SMILES string of the molecule is COc1ccccc1C(CNC(=O)/C=C/c1ccc2c(c1)CCO2)N(C)C. The lowest BCUT2D eigenvalue weighted by molar-refractivity contribution is -0.116. The normalized spacial score (nSPS) is 14.1. The number of nitrogens with zero attached hydrogens (tertiary/aromatic N) is 1. The predicted molar refractivity (Wildman–Crippen MR) is 107 cm³/mol. The van der Waals surface area contributed by atoms with Crippen LogP contribution in [0.5, 0.6) is 11.5 Å². The summed E-state index contributed by atoms with van der Waals surface area (Å²) in [6.45, 7) is 1.23. The Labute approximate surface area is 160 Å². The van der Waals surface area contributed by atoms with Crippen LogP contribution >= 0.6 is 0 Å². The number of amides is 1. The van der Waals surface area contributed by atoms with Gasteiger partial charge in [0.1, 0.15) is 11.5 Å². The van der Waals surface area contributed by atoms with Crippen LogP contribution in [-0.4, -0.2) is 45.2 Å². The molecular weight excluding hydrogens is 340 g/mol. The lowest BCUT2D eigenvalue weighted by Crippen LogP contribution is -2.33. The van der Waals surface area contributed by atoms with Crippen LogP contribution in [0.1, 0.15) is 22.7 Å². The van der Waals surface area contributed by atoms with Crippen LogP contribution in [0.2, 0.25) is 0 Å². The van der Waals surface area contributed by atoms with Crippen LogP contribution in [0.25, 0.3) is 6.08 Å². The maximum absolute atomic E-state index is 12.3. The number of nitrogens with one attached hydrogen (secondary N) is 1. The molecule has 0 spiro atoms. The molecule has 142 valence electrons. The van der Waals surface area contributed by atoms with Gasteiger partial charge in [0.2, 0.25) is 5.91 Å². The van der Waals surface area contributed by atoms with Crippen molar-refractivity contribution in [2.75, 3.05) is 34.4 Å². The van der Waals surface area contributed by atoms with Gasteiger partial charge in [-0.25, -0.2) is 0 Å². The van der Waals surface area contributed by atoms with Gasteiger partial charge in [0.15, 0.2) is 0 Å². The Morgan fingerprint density at radius 1 is 1.30 bits per heavy atom. The summed E-state index contributed by atoms with van der Waals surface area (Å²) in [6.07, 6.45) is 4.33. The predicted octanol–water partition coefficient (Wildman–Crippen LogP) is 3.06. The number of ether oxygens (including phenoxy) is 2. The zero-order valence-corrected chi connectivity index (χ0v) is 16.1. The second-order valence-corrected chi connectivity index (χ2v) is 6.77. The lowest BCUT2D eigenvalue weighted by Gasteiger charge is -2.26. The number of hydrogen-bond donors (Lipinski definition) is 1. The molecule has 2 aromatic rings. The van der Waals surface area contributed by atoms with Crippen LogP contribution in [0.15, 0.2) is 48.5 Å². The molecule has 3 rings (SSSR count). The van der Waals surface area contributed by atoms with E-state index in [0.717, 1.165) is 35.7 Å². The van der Waals surface area contributed by atoms with Crippen LogP contribution in [0.4, 0.5) is 0 Å². The third-order valence-corrected chi connectivity index (χ3v) is 4.73. The summed E-state index contributed by atoms with van der Waals surface area (Å²) in [5.74, 6) is 1.65.